The third kappa shape index (κ3) is 4.15. The summed E-state index contributed by atoms with van der Waals surface area (Å²) in [5.41, 5.74) is 0.711. The van der Waals surface area contributed by atoms with Crippen LogP contribution in [0, 0.1) is 11.8 Å². The fourth-order valence-corrected chi connectivity index (χ4v) is 2.65. The first-order valence-electron chi connectivity index (χ1n) is 7.56. The third-order valence-electron chi connectivity index (χ3n) is 3.89. The molecular formula is C16H26F2N2. The Kier molecular flexibility index (Phi) is 6.89. The van der Waals surface area contributed by atoms with Gasteiger partial charge in [-0.25, -0.2) is 8.78 Å². The molecule has 0 amide bonds. The van der Waals surface area contributed by atoms with E-state index in [2.05, 4.69) is 18.8 Å². The van der Waals surface area contributed by atoms with Crippen molar-refractivity contribution in [2.24, 2.45) is 11.8 Å². The Morgan fingerprint density at radius 3 is 2.30 bits per heavy atom. The summed E-state index contributed by atoms with van der Waals surface area (Å²) in [6.07, 6.45) is 2.74. The summed E-state index contributed by atoms with van der Waals surface area (Å²) in [5.74, 6) is 1.39. The number of anilines is 1. The number of hydrogen-bond donors (Lipinski definition) is 0. The van der Waals surface area contributed by atoms with E-state index in [1.807, 2.05) is 18.7 Å². The molecule has 20 heavy (non-hydrogen) atoms. The van der Waals surface area contributed by atoms with Crippen LogP contribution in [0.25, 0.3) is 0 Å². The van der Waals surface area contributed by atoms with Crippen LogP contribution in [-0.2, 0) is 0 Å². The standard InChI is InChI=1S/C14H20F2N2.C2H6/c1-10(2)11-4-7-18(8-5-11)13-9-17-6-3-12(13)14(15)16;1-2/h3,6,9-11,14H,4-5,7-8H2,1-2H3;1-2H3. The van der Waals surface area contributed by atoms with Gasteiger partial charge in [-0.15, -0.1) is 0 Å². The SMILES string of the molecule is CC.CC(C)C1CCN(c2cnccc2C(F)F)CC1. The Morgan fingerprint density at radius 1 is 1.20 bits per heavy atom. The van der Waals surface area contributed by atoms with Gasteiger partial charge in [0.05, 0.1) is 11.9 Å². The molecule has 0 atom stereocenters. The fourth-order valence-electron chi connectivity index (χ4n) is 2.65. The Morgan fingerprint density at radius 2 is 1.80 bits per heavy atom. The normalized spacial score (nSPS) is 16.3. The Labute approximate surface area is 121 Å². The van der Waals surface area contributed by atoms with E-state index in [0.717, 1.165) is 25.9 Å². The first-order valence-corrected chi connectivity index (χ1v) is 7.56. The average Bonchev–Trinajstić information content (AvgIpc) is 2.49. The second kappa shape index (κ2) is 8.18. The predicted molar refractivity (Wildman–Crippen MR) is 80.3 cm³/mol. The molecule has 2 nitrogen and oxygen atoms in total. The highest BCUT2D eigenvalue weighted by Crippen LogP contribution is 2.33. The van der Waals surface area contributed by atoms with E-state index in [1.54, 1.807) is 6.20 Å². The Bertz CT molecular complexity index is 386. The molecule has 2 rings (SSSR count). The first kappa shape index (κ1) is 16.9. The maximum absolute atomic E-state index is 12.9. The highest BCUT2D eigenvalue weighted by Gasteiger charge is 2.24. The van der Waals surface area contributed by atoms with Crippen molar-refractivity contribution in [3.8, 4) is 0 Å². The maximum atomic E-state index is 12.9. The molecule has 0 aliphatic carbocycles. The van der Waals surface area contributed by atoms with E-state index in [1.165, 1.54) is 12.3 Å². The van der Waals surface area contributed by atoms with Crippen molar-refractivity contribution in [2.45, 2.75) is 47.0 Å². The summed E-state index contributed by atoms with van der Waals surface area (Å²) in [6.45, 7) is 10.2. The topological polar surface area (TPSA) is 16.1 Å². The first-order chi connectivity index (χ1) is 9.59. The van der Waals surface area contributed by atoms with Crippen molar-refractivity contribution in [2.75, 3.05) is 18.0 Å². The van der Waals surface area contributed by atoms with Gasteiger partial charge in [0.2, 0.25) is 0 Å². The molecule has 0 spiro atoms. The molecule has 1 aliphatic rings. The fraction of sp³-hybridized carbons (Fsp3) is 0.688. The van der Waals surface area contributed by atoms with Gasteiger partial charge in [-0.2, -0.15) is 0 Å². The second-order valence-electron chi connectivity index (χ2n) is 5.30. The molecule has 0 saturated carbocycles. The zero-order valence-corrected chi connectivity index (χ0v) is 12.9. The monoisotopic (exact) mass is 284 g/mol. The van der Waals surface area contributed by atoms with E-state index < -0.39 is 6.43 Å². The van der Waals surface area contributed by atoms with Crippen LogP contribution >= 0.6 is 0 Å². The summed E-state index contributed by atoms with van der Waals surface area (Å²) in [6, 6.07) is 1.43. The zero-order chi connectivity index (χ0) is 15.1. The van der Waals surface area contributed by atoms with Gasteiger partial charge in [-0.1, -0.05) is 27.7 Å². The number of nitrogens with zero attached hydrogens (tertiary/aromatic N) is 2. The smallest absolute Gasteiger partial charge is 0.265 e. The van der Waals surface area contributed by atoms with E-state index in [9.17, 15) is 8.78 Å². The molecule has 0 aromatic carbocycles. The van der Waals surface area contributed by atoms with Crippen molar-refractivity contribution < 1.29 is 8.78 Å². The summed E-state index contributed by atoms with van der Waals surface area (Å²) < 4.78 is 25.9. The number of hydrogen-bond acceptors (Lipinski definition) is 2. The van der Waals surface area contributed by atoms with Crippen molar-refractivity contribution in [3.05, 3.63) is 24.0 Å². The molecule has 1 aliphatic heterocycles. The number of rotatable bonds is 3. The molecule has 4 heteroatoms. The number of aromatic nitrogens is 1. The Hall–Kier alpha value is -1.19. The maximum Gasteiger partial charge on any atom is 0.265 e. The van der Waals surface area contributed by atoms with Gasteiger partial charge >= 0.3 is 0 Å². The van der Waals surface area contributed by atoms with Crippen LogP contribution in [0.3, 0.4) is 0 Å². The summed E-state index contributed by atoms with van der Waals surface area (Å²) in [7, 11) is 0. The molecule has 2 heterocycles. The number of piperidine rings is 1. The number of halogens is 2. The highest BCUT2D eigenvalue weighted by atomic mass is 19.3. The van der Waals surface area contributed by atoms with Gasteiger partial charge in [0.1, 0.15) is 0 Å². The number of pyridine rings is 1. The van der Waals surface area contributed by atoms with E-state index in [4.69, 9.17) is 0 Å². The third-order valence-corrected chi connectivity index (χ3v) is 3.89. The minimum Gasteiger partial charge on any atom is -0.370 e. The van der Waals surface area contributed by atoms with Crippen molar-refractivity contribution >= 4 is 5.69 Å². The van der Waals surface area contributed by atoms with Gasteiger partial charge in [-0.3, -0.25) is 4.98 Å². The molecule has 0 radical (unpaired) electrons. The highest BCUT2D eigenvalue weighted by molar-refractivity contribution is 5.52. The molecule has 0 bridgehead atoms. The van der Waals surface area contributed by atoms with Crippen LogP contribution in [0.5, 0.6) is 0 Å². The van der Waals surface area contributed by atoms with Crippen molar-refractivity contribution in [1.82, 2.24) is 4.98 Å². The van der Waals surface area contributed by atoms with Crippen molar-refractivity contribution in [1.29, 1.82) is 0 Å². The minimum absolute atomic E-state index is 0.105. The minimum atomic E-state index is -2.43. The zero-order valence-electron chi connectivity index (χ0n) is 12.9. The van der Waals surface area contributed by atoms with Crippen LogP contribution in [-0.4, -0.2) is 18.1 Å². The van der Waals surface area contributed by atoms with Crippen molar-refractivity contribution in [3.63, 3.8) is 0 Å². The lowest BCUT2D eigenvalue weighted by Gasteiger charge is -2.36. The molecule has 1 aromatic heterocycles. The molecule has 0 N–H and O–H groups in total. The molecule has 1 fully saturated rings. The molecule has 1 saturated heterocycles. The van der Waals surface area contributed by atoms with Crippen LogP contribution in [0.15, 0.2) is 18.5 Å². The average molecular weight is 284 g/mol. The van der Waals surface area contributed by atoms with Gasteiger partial charge in [0.15, 0.2) is 0 Å². The van der Waals surface area contributed by atoms with E-state index in [0.29, 0.717) is 17.5 Å². The predicted octanol–water partition coefficient (Wildman–Crippen LogP) is 4.92. The van der Waals surface area contributed by atoms with Crippen LogP contribution in [0.2, 0.25) is 0 Å². The lowest BCUT2D eigenvalue weighted by Crippen LogP contribution is -2.35. The van der Waals surface area contributed by atoms with Crippen LogP contribution in [0.4, 0.5) is 14.5 Å². The van der Waals surface area contributed by atoms with E-state index >= 15 is 0 Å². The number of alkyl halides is 2. The molecule has 1 aromatic rings. The molecule has 0 unspecified atom stereocenters. The second-order valence-corrected chi connectivity index (χ2v) is 5.30. The summed E-state index contributed by atoms with van der Waals surface area (Å²) in [5, 5.41) is 0. The lowest BCUT2D eigenvalue weighted by molar-refractivity contribution is 0.151. The quantitative estimate of drug-likeness (QED) is 0.783. The van der Waals surface area contributed by atoms with Gasteiger partial charge < -0.3 is 4.90 Å². The molecular weight excluding hydrogens is 258 g/mol. The largest absolute Gasteiger partial charge is 0.370 e. The van der Waals surface area contributed by atoms with Crippen LogP contribution in [0.1, 0.15) is 52.5 Å². The lowest BCUT2D eigenvalue weighted by atomic mass is 9.86. The molecule has 114 valence electrons. The van der Waals surface area contributed by atoms with Crippen LogP contribution < -0.4 is 4.90 Å². The Balaban J connectivity index is 0.000000956. The van der Waals surface area contributed by atoms with Gasteiger partial charge in [-0.05, 0) is 30.7 Å². The summed E-state index contributed by atoms with van der Waals surface area (Å²) in [4.78, 5) is 6.03. The summed E-state index contributed by atoms with van der Waals surface area (Å²) >= 11 is 0. The van der Waals surface area contributed by atoms with E-state index in [-0.39, 0.29) is 5.56 Å². The van der Waals surface area contributed by atoms with Gasteiger partial charge in [0, 0.05) is 24.8 Å². The van der Waals surface area contributed by atoms with Gasteiger partial charge in [0.25, 0.3) is 6.43 Å².